The molecule has 0 amide bonds. The molecule has 1 N–H and O–H groups in total. The van der Waals surface area contributed by atoms with Crippen LogP contribution in [0.4, 0.5) is 5.95 Å². The maximum atomic E-state index is 5.81. The van der Waals surface area contributed by atoms with Gasteiger partial charge in [0.1, 0.15) is 0 Å². The Bertz CT molecular complexity index is 386. The minimum Gasteiger partial charge on any atom is -0.382 e. The number of aromatic nitrogens is 2. The summed E-state index contributed by atoms with van der Waals surface area (Å²) in [4.78, 5) is 4.55. The fourth-order valence-corrected chi connectivity index (χ4v) is 2.52. The van der Waals surface area contributed by atoms with Gasteiger partial charge in [0, 0.05) is 32.6 Å². The van der Waals surface area contributed by atoms with Crippen LogP contribution in [0, 0.1) is 6.92 Å². The largest absolute Gasteiger partial charge is 0.382 e. The Morgan fingerprint density at radius 2 is 2.40 bits per heavy atom. The molecule has 0 radical (unpaired) electrons. The lowest BCUT2D eigenvalue weighted by molar-refractivity contribution is 0.00628. The molecule has 1 aliphatic rings. The first-order valence-corrected chi connectivity index (χ1v) is 7.76. The van der Waals surface area contributed by atoms with Crippen molar-refractivity contribution in [3.63, 3.8) is 0 Å². The Morgan fingerprint density at radius 3 is 3.15 bits per heavy atom. The van der Waals surface area contributed by atoms with Crippen LogP contribution < -0.4 is 5.32 Å². The summed E-state index contributed by atoms with van der Waals surface area (Å²) >= 11 is 0. The van der Waals surface area contributed by atoms with Gasteiger partial charge in [0.25, 0.3) is 0 Å². The lowest BCUT2D eigenvalue weighted by Crippen LogP contribution is -2.25. The zero-order valence-electron chi connectivity index (χ0n) is 12.7. The normalized spacial score (nSPS) is 19.2. The van der Waals surface area contributed by atoms with Crippen LogP contribution in [0.15, 0.2) is 6.20 Å². The van der Waals surface area contributed by atoms with Crippen LogP contribution in [-0.4, -0.2) is 42.0 Å². The summed E-state index contributed by atoms with van der Waals surface area (Å²) in [5.41, 5.74) is 1.05. The number of nitrogens with zero attached hydrogens (tertiary/aromatic N) is 2. The summed E-state index contributed by atoms with van der Waals surface area (Å²) in [7, 11) is 0. The number of imidazole rings is 1. The highest BCUT2D eigenvalue weighted by Gasteiger charge is 2.16. The zero-order valence-corrected chi connectivity index (χ0v) is 12.7. The van der Waals surface area contributed by atoms with Gasteiger partial charge < -0.3 is 19.4 Å². The number of ether oxygens (including phenoxy) is 2. The van der Waals surface area contributed by atoms with Crippen LogP contribution >= 0.6 is 0 Å². The van der Waals surface area contributed by atoms with E-state index in [1.54, 1.807) is 0 Å². The molecule has 0 aromatic carbocycles. The van der Waals surface area contributed by atoms with E-state index in [1.807, 2.05) is 13.8 Å². The molecule has 5 heteroatoms. The van der Waals surface area contributed by atoms with Crippen molar-refractivity contribution in [3.05, 3.63) is 11.9 Å². The molecule has 1 atom stereocenters. The lowest BCUT2D eigenvalue weighted by atomic mass is 10.1. The first-order valence-electron chi connectivity index (χ1n) is 7.76. The molecular weight excluding hydrogens is 254 g/mol. The molecule has 2 heterocycles. The summed E-state index contributed by atoms with van der Waals surface area (Å²) in [6.07, 6.45) is 7.06. The maximum Gasteiger partial charge on any atom is 0.203 e. The molecule has 114 valence electrons. The topological polar surface area (TPSA) is 48.3 Å². The van der Waals surface area contributed by atoms with E-state index >= 15 is 0 Å². The Morgan fingerprint density at radius 1 is 1.50 bits per heavy atom. The van der Waals surface area contributed by atoms with Crippen LogP contribution in [-0.2, 0) is 16.0 Å². The van der Waals surface area contributed by atoms with E-state index in [2.05, 4.69) is 21.1 Å². The Labute approximate surface area is 121 Å². The second-order valence-corrected chi connectivity index (χ2v) is 5.32. The number of hydrogen-bond donors (Lipinski definition) is 1. The number of nitrogens with one attached hydrogen (secondary N) is 1. The SMILES string of the molecule is CCOCCCNc1nc(C)cn1CC1CCCCO1. The van der Waals surface area contributed by atoms with E-state index < -0.39 is 0 Å². The quantitative estimate of drug-likeness (QED) is 0.744. The standard InChI is InChI=1S/C15H27N3O2/c1-3-19-9-6-8-16-15-17-13(2)11-18(15)12-14-7-4-5-10-20-14/h11,14H,3-10,12H2,1-2H3,(H,16,17). The van der Waals surface area contributed by atoms with Gasteiger partial charge in [-0.05, 0) is 39.5 Å². The smallest absolute Gasteiger partial charge is 0.203 e. The highest BCUT2D eigenvalue weighted by Crippen LogP contribution is 2.17. The average molecular weight is 281 g/mol. The lowest BCUT2D eigenvalue weighted by Gasteiger charge is -2.23. The van der Waals surface area contributed by atoms with Crippen LogP contribution in [0.5, 0.6) is 0 Å². The molecule has 5 nitrogen and oxygen atoms in total. The van der Waals surface area contributed by atoms with Crippen molar-refractivity contribution in [2.75, 3.05) is 31.7 Å². The Kier molecular flexibility index (Phi) is 6.33. The first kappa shape index (κ1) is 15.3. The van der Waals surface area contributed by atoms with Gasteiger partial charge in [-0.2, -0.15) is 0 Å². The summed E-state index contributed by atoms with van der Waals surface area (Å²) in [5, 5.41) is 3.40. The van der Waals surface area contributed by atoms with Gasteiger partial charge >= 0.3 is 0 Å². The Hall–Kier alpha value is -1.07. The van der Waals surface area contributed by atoms with Gasteiger partial charge in [0.05, 0.1) is 18.3 Å². The van der Waals surface area contributed by atoms with E-state index in [4.69, 9.17) is 9.47 Å². The predicted molar refractivity (Wildman–Crippen MR) is 80.2 cm³/mol. The first-order chi connectivity index (χ1) is 9.79. The van der Waals surface area contributed by atoms with Crippen molar-refractivity contribution >= 4 is 5.95 Å². The monoisotopic (exact) mass is 281 g/mol. The number of hydrogen-bond acceptors (Lipinski definition) is 4. The molecule has 20 heavy (non-hydrogen) atoms. The fraction of sp³-hybridized carbons (Fsp3) is 0.800. The number of rotatable bonds is 8. The van der Waals surface area contributed by atoms with Gasteiger partial charge in [0.2, 0.25) is 5.95 Å². The van der Waals surface area contributed by atoms with Gasteiger partial charge in [-0.3, -0.25) is 0 Å². The van der Waals surface area contributed by atoms with E-state index in [0.29, 0.717) is 6.10 Å². The molecular formula is C15H27N3O2. The average Bonchev–Trinajstić information content (AvgIpc) is 2.80. The van der Waals surface area contributed by atoms with Gasteiger partial charge in [-0.15, -0.1) is 0 Å². The summed E-state index contributed by atoms with van der Waals surface area (Å²) < 4.78 is 13.3. The second kappa shape index (κ2) is 8.27. The molecule has 1 fully saturated rings. The molecule has 1 saturated heterocycles. The van der Waals surface area contributed by atoms with Crippen molar-refractivity contribution in [3.8, 4) is 0 Å². The van der Waals surface area contributed by atoms with E-state index in [9.17, 15) is 0 Å². The van der Waals surface area contributed by atoms with Gasteiger partial charge in [-0.1, -0.05) is 0 Å². The van der Waals surface area contributed by atoms with Crippen molar-refractivity contribution in [2.45, 2.75) is 52.2 Å². The van der Waals surface area contributed by atoms with Gasteiger partial charge in [0.15, 0.2) is 0 Å². The van der Waals surface area contributed by atoms with Crippen molar-refractivity contribution < 1.29 is 9.47 Å². The summed E-state index contributed by atoms with van der Waals surface area (Å²) in [6, 6.07) is 0. The zero-order chi connectivity index (χ0) is 14.2. The van der Waals surface area contributed by atoms with Crippen molar-refractivity contribution in [1.82, 2.24) is 9.55 Å². The molecule has 2 rings (SSSR count). The van der Waals surface area contributed by atoms with Crippen LogP contribution in [0.2, 0.25) is 0 Å². The molecule has 0 aliphatic carbocycles. The van der Waals surface area contributed by atoms with Crippen LogP contribution in [0.25, 0.3) is 0 Å². The molecule has 1 unspecified atom stereocenters. The van der Waals surface area contributed by atoms with E-state index in [1.165, 1.54) is 12.8 Å². The third kappa shape index (κ3) is 4.80. The molecule has 0 saturated carbocycles. The molecule has 1 aromatic heterocycles. The predicted octanol–water partition coefficient (Wildman–Crippen LogP) is 2.60. The Balaban J connectivity index is 1.81. The molecule has 1 aliphatic heterocycles. The van der Waals surface area contributed by atoms with Crippen molar-refractivity contribution in [2.24, 2.45) is 0 Å². The molecule has 0 bridgehead atoms. The second-order valence-electron chi connectivity index (χ2n) is 5.32. The third-order valence-corrected chi connectivity index (χ3v) is 3.52. The van der Waals surface area contributed by atoms with Crippen LogP contribution in [0.1, 0.15) is 38.3 Å². The molecule has 0 spiro atoms. The highest BCUT2D eigenvalue weighted by molar-refractivity contribution is 5.28. The highest BCUT2D eigenvalue weighted by atomic mass is 16.5. The van der Waals surface area contributed by atoms with Crippen LogP contribution in [0.3, 0.4) is 0 Å². The maximum absolute atomic E-state index is 5.81. The summed E-state index contributed by atoms with van der Waals surface area (Å²) in [6.45, 7) is 8.32. The summed E-state index contributed by atoms with van der Waals surface area (Å²) in [5.74, 6) is 0.952. The van der Waals surface area contributed by atoms with Gasteiger partial charge in [-0.25, -0.2) is 4.98 Å². The minimum absolute atomic E-state index is 0.335. The molecule has 1 aromatic rings. The fourth-order valence-electron chi connectivity index (χ4n) is 2.52. The van der Waals surface area contributed by atoms with Crippen molar-refractivity contribution in [1.29, 1.82) is 0 Å². The number of aryl methyl sites for hydroxylation is 1. The van der Waals surface area contributed by atoms with E-state index in [0.717, 1.165) is 57.4 Å². The van der Waals surface area contributed by atoms with E-state index in [-0.39, 0.29) is 0 Å². The number of anilines is 1. The third-order valence-electron chi connectivity index (χ3n) is 3.52. The minimum atomic E-state index is 0.335.